The van der Waals surface area contributed by atoms with E-state index < -0.39 is 0 Å². The standard InChI is InChI=1S/C23H36O2/c1-3-4-18-5-7-19(8-6-18)9-10-20-11-13-21(14-12-20)23-16-15-22(24-2)17-25-23/h11-14,18-19,22-23H,3-10,15-17H2,1-2H3. The maximum absolute atomic E-state index is 5.97. The largest absolute Gasteiger partial charge is 0.379 e. The third-order valence-electron chi connectivity index (χ3n) is 6.42. The van der Waals surface area contributed by atoms with Crippen molar-refractivity contribution in [1.29, 1.82) is 0 Å². The van der Waals surface area contributed by atoms with Crippen LogP contribution in [0.5, 0.6) is 0 Å². The second-order valence-electron chi connectivity index (χ2n) is 8.21. The molecule has 2 heteroatoms. The van der Waals surface area contributed by atoms with Crippen LogP contribution in [-0.2, 0) is 15.9 Å². The molecule has 1 aliphatic carbocycles. The molecule has 140 valence electrons. The van der Waals surface area contributed by atoms with Crippen molar-refractivity contribution in [3.8, 4) is 0 Å². The van der Waals surface area contributed by atoms with Crippen LogP contribution in [0.15, 0.2) is 24.3 Å². The highest BCUT2D eigenvalue weighted by atomic mass is 16.5. The molecule has 0 aromatic heterocycles. The maximum Gasteiger partial charge on any atom is 0.0827 e. The van der Waals surface area contributed by atoms with E-state index in [0.29, 0.717) is 0 Å². The molecule has 1 aliphatic heterocycles. The molecule has 1 heterocycles. The lowest BCUT2D eigenvalue weighted by molar-refractivity contribution is -0.0725. The first-order valence-corrected chi connectivity index (χ1v) is 10.5. The molecule has 1 aromatic rings. The van der Waals surface area contributed by atoms with Gasteiger partial charge in [-0.3, -0.25) is 0 Å². The minimum Gasteiger partial charge on any atom is -0.379 e. The molecular weight excluding hydrogens is 308 g/mol. The second kappa shape index (κ2) is 9.73. The van der Waals surface area contributed by atoms with E-state index in [9.17, 15) is 0 Å². The number of hydrogen-bond donors (Lipinski definition) is 0. The molecule has 0 bridgehead atoms. The third kappa shape index (κ3) is 5.56. The molecule has 0 radical (unpaired) electrons. The zero-order chi connectivity index (χ0) is 17.5. The maximum atomic E-state index is 5.97. The first-order chi connectivity index (χ1) is 12.3. The Labute approximate surface area is 154 Å². The average Bonchev–Trinajstić information content (AvgIpc) is 2.68. The van der Waals surface area contributed by atoms with Crippen molar-refractivity contribution in [1.82, 2.24) is 0 Å². The zero-order valence-corrected chi connectivity index (χ0v) is 16.2. The van der Waals surface area contributed by atoms with Gasteiger partial charge in [-0.15, -0.1) is 0 Å². The molecule has 1 saturated heterocycles. The van der Waals surface area contributed by atoms with E-state index in [1.807, 2.05) is 0 Å². The van der Waals surface area contributed by atoms with Crippen molar-refractivity contribution >= 4 is 0 Å². The predicted molar refractivity (Wildman–Crippen MR) is 104 cm³/mol. The fraction of sp³-hybridized carbons (Fsp3) is 0.739. The Hall–Kier alpha value is -0.860. The van der Waals surface area contributed by atoms with Gasteiger partial charge in [0.15, 0.2) is 0 Å². The molecule has 3 rings (SSSR count). The normalized spacial score (nSPS) is 30.3. The molecule has 25 heavy (non-hydrogen) atoms. The van der Waals surface area contributed by atoms with E-state index in [1.165, 1.54) is 62.5 Å². The van der Waals surface area contributed by atoms with Gasteiger partial charge in [-0.25, -0.2) is 0 Å². The van der Waals surface area contributed by atoms with Gasteiger partial charge in [0.1, 0.15) is 0 Å². The Morgan fingerprint density at radius 2 is 1.60 bits per heavy atom. The highest BCUT2D eigenvalue weighted by Gasteiger charge is 2.23. The van der Waals surface area contributed by atoms with Crippen molar-refractivity contribution in [2.24, 2.45) is 11.8 Å². The molecule has 2 fully saturated rings. The van der Waals surface area contributed by atoms with Gasteiger partial charge < -0.3 is 9.47 Å². The van der Waals surface area contributed by atoms with Gasteiger partial charge >= 0.3 is 0 Å². The summed E-state index contributed by atoms with van der Waals surface area (Å²) in [7, 11) is 1.78. The molecule has 2 unspecified atom stereocenters. The lowest BCUT2D eigenvalue weighted by atomic mass is 9.78. The summed E-state index contributed by atoms with van der Waals surface area (Å²) >= 11 is 0. The zero-order valence-electron chi connectivity index (χ0n) is 16.2. The molecule has 0 spiro atoms. The summed E-state index contributed by atoms with van der Waals surface area (Å²) in [6.45, 7) is 3.05. The third-order valence-corrected chi connectivity index (χ3v) is 6.42. The van der Waals surface area contributed by atoms with E-state index >= 15 is 0 Å². The van der Waals surface area contributed by atoms with Crippen LogP contribution in [0.4, 0.5) is 0 Å². The molecule has 1 aromatic carbocycles. The average molecular weight is 345 g/mol. The van der Waals surface area contributed by atoms with Gasteiger partial charge in [0.05, 0.1) is 18.8 Å². The fourth-order valence-corrected chi connectivity index (χ4v) is 4.66. The molecule has 2 nitrogen and oxygen atoms in total. The summed E-state index contributed by atoms with van der Waals surface area (Å²) in [6, 6.07) is 9.21. The fourth-order valence-electron chi connectivity index (χ4n) is 4.66. The van der Waals surface area contributed by atoms with Gasteiger partial charge in [-0.2, -0.15) is 0 Å². The summed E-state index contributed by atoms with van der Waals surface area (Å²) in [6.07, 6.45) is 14.0. The van der Waals surface area contributed by atoms with Gasteiger partial charge in [-0.1, -0.05) is 69.7 Å². The van der Waals surface area contributed by atoms with E-state index in [4.69, 9.17) is 9.47 Å². The molecule has 1 saturated carbocycles. The summed E-state index contributed by atoms with van der Waals surface area (Å²) in [5.74, 6) is 1.98. The Morgan fingerprint density at radius 3 is 2.16 bits per heavy atom. The highest BCUT2D eigenvalue weighted by molar-refractivity contribution is 5.24. The van der Waals surface area contributed by atoms with Crippen LogP contribution in [0.1, 0.15) is 81.9 Å². The molecule has 2 aliphatic rings. The van der Waals surface area contributed by atoms with Crippen molar-refractivity contribution in [2.45, 2.75) is 83.3 Å². The van der Waals surface area contributed by atoms with E-state index in [-0.39, 0.29) is 12.2 Å². The Kier molecular flexibility index (Phi) is 7.36. The number of benzene rings is 1. The van der Waals surface area contributed by atoms with Gasteiger partial charge in [-0.05, 0) is 48.6 Å². The van der Waals surface area contributed by atoms with Crippen LogP contribution in [0, 0.1) is 11.8 Å². The Morgan fingerprint density at radius 1 is 0.920 bits per heavy atom. The number of ether oxygens (including phenoxy) is 2. The van der Waals surface area contributed by atoms with Gasteiger partial charge in [0.2, 0.25) is 0 Å². The predicted octanol–water partition coefficient (Wildman–Crippen LogP) is 6.09. The van der Waals surface area contributed by atoms with Gasteiger partial charge in [0, 0.05) is 7.11 Å². The minimum absolute atomic E-state index is 0.259. The molecule has 0 N–H and O–H groups in total. The summed E-state index contributed by atoms with van der Waals surface area (Å²) in [4.78, 5) is 0. The monoisotopic (exact) mass is 344 g/mol. The number of rotatable bonds is 7. The first-order valence-electron chi connectivity index (χ1n) is 10.5. The molecule has 2 atom stereocenters. The van der Waals surface area contributed by atoms with Crippen LogP contribution < -0.4 is 0 Å². The topological polar surface area (TPSA) is 18.5 Å². The van der Waals surface area contributed by atoms with E-state index in [0.717, 1.165) is 31.3 Å². The van der Waals surface area contributed by atoms with Crippen LogP contribution in [0.25, 0.3) is 0 Å². The number of hydrogen-bond acceptors (Lipinski definition) is 2. The quantitative estimate of drug-likeness (QED) is 0.595. The Bertz CT molecular complexity index is 479. The first kappa shape index (κ1) is 18.9. The number of methoxy groups -OCH3 is 1. The van der Waals surface area contributed by atoms with Crippen LogP contribution in [0.3, 0.4) is 0 Å². The Balaban J connectivity index is 1.41. The minimum atomic E-state index is 0.259. The summed E-state index contributed by atoms with van der Waals surface area (Å²) < 4.78 is 11.3. The van der Waals surface area contributed by atoms with Crippen molar-refractivity contribution in [2.75, 3.05) is 13.7 Å². The number of aryl methyl sites for hydroxylation is 1. The lowest BCUT2D eigenvalue weighted by Gasteiger charge is -2.29. The highest BCUT2D eigenvalue weighted by Crippen LogP contribution is 2.34. The second-order valence-corrected chi connectivity index (χ2v) is 8.21. The van der Waals surface area contributed by atoms with E-state index in [2.05, 4.69) is 31.2 Å². The SMILES string of the molecule is CCCC1CCC(CCc2ccc(C3CCC(OC)CO3)cc2)CC1. The molecular formula is C23H36O2. The van der Waals surface area contributed by atoms with Crippen LogP contribution in [0.2, 0.25) is 0 Å². The van der Waals surface area contributed by atoms with Crippen molar-refractivity contribution < 1.29 is 9.47 Å². The van der Waals surface area contributed by atoms with Crippen molar-refractivity contribution in [3.63, 3.8) is 0 Å². The smallest absolute Gasteiger partial charge is 0.0827 e. The van der Waals surface area contributed by atoms with Gasteiger partial charge in [0.25, 0.3) is 0 Å². The molecule has 0 amide bonds. The van der Waals surface area contributed by atoms with Crippen LogP contribution in [-0.4, -0.2) is 19.8 Å². The lowest BCUT2D eigenvalue weighted by Crippen LogP contribution is -2.26. The van der Waals surface area contributed by atoms with E-state index in [1.54, 1.807) is 7.11 Å². The van der Waals surface area contributed by atoms with Crippen molar-refractivity contribution in [3.05, 3.63) is 35.4 Å². The summed E-state index contributed by atoms with van der Waals surface area (Å²) in [5.41, 5.74) is 2.82. The van der Waals surface area contributed by atoms with Crippen LogP contribution >= 0.6 is 0 Å². The summed E-state index contributed by atoms with van der Waals surface area (Å²) in [5, 5.41) is 0.